The van der Waals surface area contributed by atoms with Crippen molar-refractivity contribution in [2.75, 3.05) is 18.8 Å². The van der Waals surface area contributed by atoms with Crippen LogP contribution >= 0.6 is 11.6 Å². The molecule has 2 aliphatic heterocycles. The van der Waals surface area contributed by atoms with E-state index < -0.39 is 15.7 Å². The third-order valence-electron chi connectivity index (χ3n) is 7.76. The van der Waals surface area contributed by atoms with Crippen molar-refractivity contribution in [2.24, 2.45) is 11.8 Å². The number of benzene rings is 1. The summed E-state index contributed by atoms with van der Waals surface area (Å²) in [5.74, 6) is -0.0975. The van der Waals surface area contributed by atoms with Gasteiger partial charge in [-0.05, 0) is 66.2 Å². The maximum atomic E-state index is 13.6. The predicted molar refractivity (Wildman–Crippen MR) is 145 cm³/mol. The normalized spacial score (nSPS) is 27.2. The zero-order valence-electron chi connectivity index (χ0n) is 20.7. The molecule has 10 heteroatoms. The molecule has 38 heavy (non-hydrogen) atoms. The van der Waals surface area contributed by atoms with Gasteiger partial charge in [0.15, 0.2) is 15.5 Å². The van der Waals surface area contributed by atoms with Crippen LogP contribution in [0.15, 0.2) is 59.7 Å². The molecule has 0 bridgehead atoms. The highest BCUT2D eigenvalue weighted by molar-refractivity contribution is 7.91. The van der Waals surface area contributed by atoms with Crippen LogP contribution < -0.4 is 5.43 Å². The smallest absolute Gasteiger partial charge is 0.283 e. The third-order valence-corrected chi connectivity index (χ3v) is 9.49. The van der Waals surface area contributed by atoms with Gasteiger partial charge < -0.3 is 0 Å². The van der Waals surface area contributed by atoms with Crippen LogP contribution in [0.2, 0.25) is 0 Å². The van der Waals surface area contributed by atoms with E-state index in [0.717, 1.165) is 13.1 Å². The lowest BCUT2D eigenvalue weighted by atomic mass is 10.0. The molecule has 1 saturated heterocycles. The third kappa shape index (κ3) is 5.02. The molecule has 0 spiro atoms. The Morgan fingerprint density at radius 3 is 2.58 bits per heavy atom. The molecule has 7 nitrogen and oxygen atoms in total. The molecule has 4 aliphatic rings. The number of hydrogen-bond acceptors (Lipinski definition) is 5. The summed E-state index contributed by atoms with van der Waals surface area (Å²) in [5, 5.41) is 7.21. The Morgan fingerprint density at radius 2 is 1.84 bits per heavy atom. The standard InChI is InChI=1S/C28H28ClFN4O3S/c29-22-5-2-6-24(12-9-22)34-27-21(13-18-7-10-23(30)11-8-18)16-38(36,37)17-25(27)26(31-34)28(35)32-33-14-19-3-1-4-20(19)15-33/h2,5-13,19-20,24H,1,3-4,14-17H2,(H,32,35)/b21-13+. The van der Waals surface area contributed by atoms with Crippen molar-refractivity contribution >= 4 is 39.0 Å². The minimum Gasteiger partial charge on any atom is -0.283 e. The van der Waals surface area contributed by atoms with Gasteiger partial charge in [-0.3, -0.25) is 14.9 Å². The molecular weight excluding hydrogens is 527 g/mol. The Labute approximate surface area is 226 Å². The Bertz CT molecular complexity index is 1490. The summed E-state index contributed by atoms with van der Waals surface area (Å²) < 4.78 is 41.4. The number of hydrogen-bond donors (Lipinski definition) is 1. The molecule has 2 fully saturated rings. The van der Waals surface area contributed by atoms with E-state index in [9.17, 15) is 17.6 Å². The van der Waals surface area contributed by atoms with Gasteiger partial charge in [0.1, 0.15) is 5.82 Å². The lowest BCUT2D eigenvalue weighted by Crippen LogP contribution is -2.41. The number of nitrogens with zero attached hydrogens (tertiary/aromatic N) is 3. The summed E-state index contributed by atoms with van der Waals surface area (Å²) in [5.41, 5.74) is 5.24. The zero-order valence-corrected chi connectivity index (χ0v) is 22.3. The summed E-state index contributed by atoms with van der Waals surface area (Å²) in [6, 6.07) is 5.46. The number of sulfone groups is 1. The minimum absolute atomic E-state index is 0.107. The summed E-state index contributed by atoms with van der Waals surface area (Å²) in [6.07, 6.45) is 14.4. The van der Waals surface area contributed by atoms with Gasteiger partial charge in [0.05, 0.1) is 23.2 Å². The quantitative estimate of drug-likeness (QED) is 0.594. The average Bonchev–Trinajstić information content (AvgIpc) is 3.51. The van der Waals surface area contributed by atoms with Gasteiger partial charge in [-0.1, -0.05) is 48.4 Å². The van der Waals surface area contributed by atoms with E-state index in [1.807, 2.05) is 23.2 Å². The number of carbonyl (C=O) groups excluding carboxylic acids is 1. The zero-order chi connectivity index (χ0) is 26.4. The Morgan fingerprint density at radius 1 is 1.11 bits per heavy atom. The lowest BCUT2D eigenvalue weighted by molar-refractivity contribution is 0.0807. The first kappa shape index (κ1) is 25.3. The number of carbonyl (C=O) groups is 1. The highest BCUT2D eigenvalue weighted by atomic mass is 35.5. The average molecular weight is 555 g/mol. The number of aromatic nitrogens is 2. The molecule has 3 unspecified atom stereocenters. The molecule has 0 radical (unpaired) electrons. The Kier molecular flexibility index (Phi) is 6.62. The molecular formula is C28H28ClFN4O3S. The first-order valence-corrected chi connectivity index (χ1v) is 15.0. The summed E-state index contributed by atoms with van der Waals surface area (Å²) in [7, 11) is -3.56. The van der Waals surface area contributed by atoms with Gasteiger partial charge in [-0.25, -0.2) is 17.8 Å². The largest absolute Gasteiger partial charge is 0.286 e. The predicted octanol–water partition coefficient (Wildman–Crippen LogP) is 4.66. The second-order valence-electron chi connectivity index (χ2n) is 10.5. The fourth-order valence-electron chi connectivity index (χ4n) is 6.05. The topological polar surface area (TPSA) is 84.3 Å². The van der Waals surface area contributed by atoms with E-state index in [4.69, 9.17) is 16.7 Å². The molecule has 3 atom stereocenters. The molecule has 2 aromatic rings. The van der Waals surface area contributed by atoms with Crippen LogP contribution in [0.3, 0.4) is 0 Å². The summed E-state index contributed by atoms with van der Waals surface area (Å²) in [4.78, 5) is 13.6. The van der Waals surface area contributed by atoms with Crippen LogP contribution in [0, 0.1) is 17.7 Å². The highest BCUT2D eigenvalue weighted by Gasteiger charge is 2.39. The van der Waals surface area contributed by atoms with Gasteiger partial charge in [-0.2, -0.15) is 5.10 Å². The summed E-state index contributed by atoms with van der Waals surface area (Å²) in [6.45, 7) is 1.59. The number of amides is 1. The second kappa shape index (κ2) is 9.94. The monoisotopic (exact) mass is 554 g/mol. The first-order chi connectivity index (χ1) is 18.3. The fraction of sp³-hybridized carbons (Fsp3) is 0.357. The van der Waals surface area contributed by atoms with Crippen molar-refractivity contribution in [3.63, 3.8) is 0 Å². The van der Waals surface area contributed by atoms with E-state index in [1.165, 1.54) is 31.4 Å². The molecule has 198 valence electrons. The van der Waals surface area contributed by atoms with Crippen LogP contribution in [0.4, 0.5) is 4.39 Å². The first-order valence-electron chi connectivity index (χ1n) is 12.8. The van der Waals surface area contributed by atoms with Crippen molar-refractivity contribution in [1.82, 2.24) is 20.2 Å². The van der Waals surface area contributed by atoms with E-state index in [0.29, 0.717) is 39.3 Å². The number of fused-ring (bicyclic) bond motifs is 2. The minimum atomic E-state index is -3.56. The molecule has 1 amide bonds. The number of hydrazine groups is 1. The summed E-state index contributed by atoms with van der Waals surface area (Å²) >= 11 is 6.20. The van der Waals surface area contributed by atoms with Crippen LogP contribution in [0.25, 0.3) is 11.6 Å². The van der Waals surface area contributed by atoms with Crippen molar-refractivity contribution < 1.29 is 17.6 Å². The lowest BCUT2D eigenvalue weighted by Gasteiger charge is -2.21. The molecule has 1 N–H and O–H groups in total. The number of rotatable bonds is 4. The highest BCUT2D eigenvalue weighted by Crippen LogP contribution is 2.38. The fourth-order valence-corrected chi connectivity index (χ4v) is 7.70. The van der Waals surface area contributed by atoms with E-state index in [-0.39, 0.29) is 29.1 Å². The van der Waals surface area contributed by atoms with Gasteiger partial charge in [-0.15, -0.1) is 0 Å². The van der Waals surface area contributed by atoms with Crippen LogP contribution in [0.1, 0.15) is 52.6 Å². The molecule has 2 aliphatic carbocycles. The van der Waals surface area contributed by atoms with Gasteiger partial charge in [0, 0.05) is 23.7 Å². The van der Waals surface area contributed by atoms with Crippen molar-refractivity contribution in [3.8, 4) is 0 Å². The van der Waals surface area contributed by atoms with E-state index in [1.54, 1.807) is 35.0 Å². The Balaban J connectivity index is 1.43. The molecule has 6 rings (SSSR count). The van der Waals surface area contributed by atoms with E-state index >= 15 is 0 Å². The second-order valence-corrected chi connectivity index (χ2v) is 13.0. The van der Waals surface area contributed by atoms with Crippen LogP contribution in [-0.4, -0.2) is 48.0 Å². The maximum absolute atomic E-state index is 13.6. The molecule has 3 heterocycles. The van der Waals surface area contributed by atoms with Gasteiger partial charge >= 0.3 is 0 Å². The maximum Gasteiger partial charge on any atom is 0.286 e. The van der Waals surface area contributed by atoms with Crippen LogP contribution in [0.5, 0.6) is 0 Å². The molecule has 1 saturated carbocycles. The number of nitrogens with one attached hydrogen (secondary N) is 1. The van der Waals surface area contributed by atoms with Gasteiger partial charge in [0.2, 0.25) is 0 Å². The van der Waals surface area contributed by atoms with Crippen molar-refractivity contribution in [1.29, 1.82) is 0 Å². The molecule has 1 aromatic carbocycles. The molecule has 1 aromatic heterocycles. The van der Waals surface area contributed by atoms with Crippen molar-refractivity contribution in [3.05, 3.63) is 88.0 Å². The van der Waals surface area contributed by atoms with Gasteiger partial charge in [0.25, 0.3) is 5.91 Å². The van der Waals surface area contributed by atoms with Crippen molar-refractivity contribution in [2.45, 2.75) is 31.1 Å². The number of allylic oxidation sites excluding steroid dienone is 6. The SMILES string of the molecule is O=C(NN1CC2CCCC2C1)c1nn(C2C=CC=C(Cl)C=C2)c2c1CS(=O)(=O)C/C2=C\c1ccc(F)cc1. The Hall–Kier alpha value is -3.01. The number of halogens is 2. The van der Waals surface area contributed by atoms with Crippen LogP contribution in [-0.2, 0) is 15.6 Å². The van der Waals surface area contributed by atoms with E-state index in [2.05, 4.69) is 5.43 Å².